The number of amides is 1. The van der Waals surface area contributed by atoms with Crippen molar-refractivity contribution in [2.24, 2.45) is 5.92 Å². The number of carbonyl (C=O) groups excluding carboxylic acids is 1. The SMILES string of the molecule is CC[C@@H](C)C(=O)N1CCN(S(=O)(=O)c2ccc3c(c2)CCC3)CC1. The van der Waals surface area contributed by atoms with E-state index < -0.39 is 10.0 Å². The fourth-order valence-electron chi connectivity index (χ4n) is 3.49. The fraction of sp³-hybridized carbons (Fsp3) is 0.611. The van der Waals surface area contributed by atoms with Crippen molar-refractivity contribution in [3.05, 3.63) is 29.3 Å². The molecule has 0 saturated carbocycles. The van der Waals surface area contributed by atoms with Gasteiger partial charge in [0.1, 0.15) is 0 Å². The Balaban J connectivity index is 1.70. The van der Waals surface area contributed by atoms with Crippen LogP contribution in [0.25, 0.3) is 0 Å². The van der Waals surface area contributed by atoms with E-state index in [1.807, 2.05) is 26.0 Å². The van der Waals surface area contributed by atoms with Crippen LogP contribution >= 0.6 is 0 Å². The van der Waals surface area contributed by atoms with Crippen molar-refractivity contribution in [3.63, 3.8) is 0 Å². The zero-order valence-electron chi connectivity index (χ0n) is 14.5. The van der Waals surface area contributed by atoms with Gasteiger partial charge in [0.15, 0.2) is 0 Å². The highest BCUT2D eigenvalue weighted by molar-refractivity contribution is 7.89. The Hall–Kier alpha value is -1.40. The van der Waals surface area contributed by atoms with Gasteiger partial charge in [0, 0.05) is 32.1 Å². The smallest absolute Gasteiger partial charge is 0.243 e. The first-order valence-electron chi connectivity index (χ1n) is 8.84. The summed E-state index contributed by atoms with van der Waals surface area (Å²) in [5.41, 5.74) is 2.44. The first-order chi connectivity index (χ1) is 11.4. The first-order valence-corrected chi connectivity index (χ1v) is 10.3. The maximum Gasteiger partial charge on any atom is 0.243 e. The van der Waals surface area contributed by atoms with Crippen LogP contribution in [0.4, 0.5) is 0 Å². The van der Waals surface area contributed by atoms with E-state index in [1.165, 1.54) is 15.4 Å². The molecule has 1 aliphatic heterocycles. The van der Waals surface area contributed by atoms with Gasteiger partial charge in [-0.25, -0.2) is 8.42 Å². The van der Waals surface area contributed by atoms with E-state index >= 15 is 0 Å². The Morgan fingerprint density at radius 3 is 2.46 bits per heavy atom. The Kier molecular flexibility index (Phi) is 4.97. The van der Waals surface area contributed by atoms with Crippen LogP contribution in [0.1, 0.15) is 37.8 Å². The van der Waals surface area contributed by atoms with E-state index in [0.717, 1.165) is 25.7 Å². The number of carbonyl (C=O) groups is 1. The van der Waals surface area contributed by atoms with Crippen LogP contribution in [0.3, 0.4) is 0 Å². The summed E-state index contributed by atoms with van der Waals surface area (Å²) in [7, 11) is -3.46. The minimum absolute atomic E-state index is 0.00451. The van der Waals surface area contributed by atoms with Crippen molar-refractivity contribution < 1.29 is 13.2 Å². The second kappa shape index (κ2) is 6.84. The quantitative estimate of drug-likeness (QED) is 0.835. The van der Waals surface area contributed by atoms with Crippen LogP contribution in [0.15, 0.2) is 23.1 Å². The highest BCUT2D eigenvalue weighted by Crippen LogP contribution is 2.26. The van der Waals surface area contributed by atoms with E-state index in [2.05, 4.69) is 0 Å². The van der Waals surface area contributed by atoms with Gasteiger partial charge in [-0.3, -0.25) is 4.79 Å². The highest BCUT2D eigenvalue weighted by Gasteiger charge is 2.31. The Morgan fingerprint density at radius 1 is 1.12 bits per heavy atom. The molecule has 0 unspecified atom stereocenters. The predicted molar refractivity (Wildman–Crippen MR) is 93.3 cm³/mol. The molecule has 1 fully saturated rings. The molecule has 1 aromatic rings. The summed E-state index contributed by atoms with van der Waals surface area (Å²) in [6.45, 7) is 5.64. The zero-order valence-corrected chi connectivity index (χ0v) is 15.3. The number of hydrogen-bond acceptors (Lipinski definition) is 3. The van der Waals surface area contributed by atoms with Crippen LogP contribution in [0.2, 0.25) is 0 Å². The lowest BCUT2D eigenvalue weighted by Gasteiger charge is -2.35. The maximum atomic E-state index is 12.9. The lowest BCUT2D eigenvalue weighted by Crippen LogP contribution is -2.51. The molecule has 0 bridgehead atoms. The molecule has 0 N–H and O–H groups in total. The summed E-state index contributed by atoms with van der Waals surface area (Å²) in [6, 6.07) is 5.53. The molecule has 1 amide bonds. The number of fused-ring (bicyclic) bond motifs is 1. The first kappa shape index (κ1) is 17.4. The second-order valence-corrected chi connectivity index (χ2v) is 8.76. The van der Waals surface area contributed by atoms with Crippen LogP contribution in [-0.2, 0) is 27.7 Å². The lowest BCUT2D eigenvalue weighted by atomic mass is 10.1. The molecule has 0 aromatic heterocycles. The normalized spacial score (nSPS) is 20.0. The molecule has 5 nitrogen and oxygen atoms in total. The summed E-state index contributed by atoms with van der Waals surface area (Å²) in [5, 5.41) is 0. The molecule has 6 heteroatoms. The lowest BCUT2D eigenvalue weighted by molar-refractivity contribution is -0.136. The zero-order chi connectivity index (χ0) is 17.3. The van der Waals surface area contributed by atoms with Crippen molar-refractivity contribution in [2.75, 3.05) is 26.2 Å². The van der Waals surface area contributed by atoms with Gasteiger partial charge in [0.05, 0.1) is 4.90 Å². The maximum absolute atomic E-state index is 12.9. The number of sulfonamides is 1. The average molecular weight is 350 g/mol. The predicted octanol–water partition coefficient (Wildman–Crippen LogP) is 2.05. The van der Waals surface area contributed by atoms with E-state index in [1.54, 1.807) is 11.0 Å². The van der Waals surface area contributed by atoms with E-state index in [-0.39, 0.29) is 11.8 Å². The average Bonchev–Trinajstić information content (AvgIpc) is 3.08. The Bertz CT molecular complexity index is 722. The van der Waals surface area contributed by atoms with Crippen molar-refractivity contribution in [1.29, 1.82) is 0 Å². The second-order valence-electron chi connectivity index (χ2n) is 6.82. The highest BCUT2D eigenvalue weighted by atomic mass is 32.2. The molecule has 24 heavy (non-hydrogen) atoms. The fourth-order valence-corrected chi connectivity index (χ4v) is 4.97. The molecule has 1 aromatic carbocycles. The molecule has 1 aliphatic carbocycles. The van der Waals surface area contributed by atoms with Crippen molar-refractivity contribution in [1.82, 2.24) is 9.21 Å². The van der Waals surface area contributed by atoms with Gasteiger partial charge in [0.2, 0.25) is 15.9 Å². The summed E-state index contributed by atoms with van der Waals surface area (Å²) in [4.78, 5) is 14.4. The summed E-state index contributed by atoms with van der Waals surface area (Å²) < 4.78 is 27.3. The van der Waals surface area contributed by atoms with Crippen LogP contribution in [0.5, 0.6) is 0 Å². The molecule has 3 rings (SSSR count). The minimum atomic E-state index is -3.46. The van der Waals surface area contributed by atoms with Crippen molar-refractivity contribution in [3.8, 4) is 0 Å². The van der Waals surface area contributed by atoms with Crippen molar-refractivity contribution >= 4 is 15.9 Å². The molecule has 0 spiro atoms. The van der Waals surface area contributed by atoms with Crippen LogP contribution in [-0.4, -0.2) is 49.7 Å². The molecule has 132 valence electrons. The molecular weight excluding hydrogens is 324 g/mol. The molecule has 1 atom stereocenters. The number of piperazine rings is 1. The minimum Gasteiger partial charge on any atom is -0.340 e. The van der Waals surface area contributed by atoms with Crippen LogP contribution in [0, 0.1) is 5.92 Å². The van der Waals surface area contributed by atoms with E-state index in [4.69, 9.17) is 0 Å². The summed E-state index contributed by atoms with van der Waals surface area (Å²) >= 11 is 0. The van der Waals surface area contributed by atoms with Gasteiger partial charge in [-0.05, 0) is 48.9 Å². The van der Waals surface area contributed by atoms with Gasteiger partial charge >= 0.3 is 0 Å². The third-order valence-corrected chi connectivity index (χ3v) is 7.19. The number of rotatable bonds is 4. The summed E-state index contributed by atoms with van der Waals surface area (Å²) in [5.74, 6) is 0.136. The number of hydrogen-bond donors (Lipinski definition) is 0. The largest absolute Gasteiger partial charge is 0.340 e. The standard InChI is InChI=1S/C18H26N2O3S/c1-3-14(2)18(21)19-9-11-20(12-10-19)24(22,23)17-8-7-15-5-4-6-16(15)13-17/h7-8,13-14H,3-6,9-12H2,1-2H3/t14-/m1/s1. The van der Waals surface area contributed by atoms with Gasteiger partial charge in [-0.2, -0.15) is 4.31 Å². The third-order valence-electron chi connectivity index (χ3n) is 5.29. The van der Waals surface area contributed by atoms with E-state index in [9.17, 15) is 13.2 Å². The Labute approximate surface area is 144 Å². The topological polar surface area (TPSA) is 57.7 Å². The number of benzene rings is 1. The molecular formula is C18H26N2O3S. The van der Waals surface area contributed by atoms with Crippen LogP contribution < -0.4 is 0 Å². The third kappa shape index (κ3) is 3.22. The van der Waals surface area contributed by atoms with E-state index in [0.29, 0.717) is 31.1 Å². The van der Waals surface area contributed by atoms with Gasteiger partial charge in [-0.1, -0.05) is 19.9 Å². The number of aryl methyl sites for hydroxylation is 2. The van der Waals surface area contributed by atoms with Gasteiger partial charge < -0.3 is 4.90 Å². The van der Waals surface area contributed by atoms with Crippen molar-refractivity contribution in [2.45, 2.75) is 44.4 Å². The molecule has 2 aliphatic rings. The molecule has 1 heterocycles. The Morgan fingerprint density at radius 2 is 1.79 bits per heavy atom. The molecule has 1 saturated heterocycles. The molecule has 0 radical (unpaired) electrons. The number of nitrogens with zero attached hydrogens (tertiary/aromatic N) is 2. The van der Waals surface area contributed by atoms with Gasteiger partial charge in [-0.15, -0.1) is 0 Å². The summed E-state index contributed by atoms with van der Waals surface area (Å²) in [6.07, 6.45) is 3.93. The van der Waals surface area contributed by atoms with Gasteiger partial charge in [0.25, 0.3) is 0 Å². The monoisotopic (exact) mass is 350 g/mol.